The maximum atomic E-state index is 10.8. The number of rotatable bonds is 4. The van der Waals surface area contributed by atoms with Gasteiger partial charge in [-0.25, -0.2) is 0 Å². The van der Waals surface area contributed by atoms with Gasteiger partial charge in [0.15, 0.2) is 0 Å². The number of hydrogen-bond acceptors (Lipinski definition) is 3. The Labute approximate surface area is 66.8 Å². The van der Waals surface area contributed by atoms with Crippen LogP contribution in [0.4, 0.5) is 0 Å². The lowest BCUT2D eigenvalue weighted by atomic mass is 10.3. The molecule has 4 N–H and O–H groups in total. The number of nitrogens with one attached hydrogen (secondary N) is 1. The largest absolute Gasteiger partial charge is 0.393 e. The van der Waals surface area contributed by atoms with E-state index in [2.05, 4.69) is 5.32 Å². The second-order valence-corrected chi connectivity index (χ2v) is 2.72. The topological polar surface area (TPSA) is 75.3 Å². The molecule has 11 heavy (non-hydrogen) atoms. The summed E-state index contributed by atoms with van der Waals surface area (Å²) in [6.07, 6.45) is 0.196. The number of hydrogen-bond donors (Lipinski definition) is 3. The fourth-order valence-electron chi connectivity index (χ4n) is 0.565. The van der Waals surface area contributed by atoms with E-state index < -0.39 is 6.04 Å². The van der Waals surface area contributed by atoms with Gasteiger partial charge in [0.2, 0.25) is 5.91 Å². The molecule has 0 aliphatic heterocycles. The van der Waals surface area contributed by atoms with E-state index in [1.165, 1.54) is 0 Å². The quantitative estimate of drug-likeness (QED) is 0.505. The van der Waals surface area contributed by atoms with Crippen molar-refractivity contribution in [2.75, 3.05) is 6.54 Å². The maximum absolute atomic E-state index is 10.8. The average molecular weight is 160 g/mol. The lowest BCUT2D eigenvalue weighted by molar-refractivity contribution is -0.122. The summed E-state index contributed by atoms with van der Waals surface area (Å²) in [5, 5.41) is 11.4. The summed E-state index contributed by atoms with van der Waals surface area (Å²) in [6, 6.07) is -0.469. The molecule has 0 aliphatic carbocycles. The first-order chi connectivity index (χ1) is 5.04. The fourth-order valence-corrected chi connectivity index (χ4v) is 0.565. The minimum atomic E-state index is -0.469. The molecular weight excluding hydrogens is 144 g/mol. The molecule has 0 heterocycles. The predicted octanol–water partition coefficient (Wildman–Crippen LogP) is -0.779. The fraction of sp³-hybridized carbons (Fsp3) is 0.857. The van der Waals surface area contributed by atoms with Crippen molar-refractivity contribution in [3.63, 3.8) is 0 Å². The molecule has 0 fully saturated rings. The molecule has 4 heteroatoms. The molecular formula is C7H16N2O2. The predicted molar refractivity (Wildman–Crippen MR) is 43.0 cm³/mol. The smallest absolute Gasteiger partial charge is 0.236 e. The van der Waals surface area contributed by atoms with E-state index in [1.807, 2.05) is 0 Å². The van der Waals surface area contributed by atoms with Crippen LogP contribution < -0.4 is 11.1 Å². The third-order valence-electron chi connectivity index (χ3n) is 1.27. The number of aliphatic hydroxyl groups is 1. The van der Waals surface area contributed by atoms with Gasteiger partial charge in [0.05, 0.1) is 12.1 Å². The molecule has 0 aliphatic rings. The van der Waals surface area contributed by atoms with Crippen molar-refractivity contribution < 1.29 is 9.90 Å². The highest BCUT2D eigenvalue weighted by Crippen LogP contribution is 1.86. The van der Waals surface area contributed by atoms with Crippen molar-refractivity contribution in [3.05, 3.63) is 0 Å². The highest BCUT2D eigenvalue weighted by Gasteiger charge is 2.05. The van der Waals surface area contributed by atoms with Crippen LogP contribution in [0.3, 0.4) is 0 Å². The number of nitrogens with two attached hydrogens (primary N) is 1. The molecule has 0 bridgehead atoms. The molecule has 66 valence electrons. The van der Waals surface area contributed by atoms with Gasteiger partial charge in [0.25, 0.3) is 0 Å². The zero-order chi connectivity index (χ0) is 8.85. The van der Waals surface area contributed by atoms with E-state index >= 15 is 0 Å². The van der Waals surface area contributed by atoms with Gasteiger partial charge in [-0.3, -0.25) is 4.79 Å². The minimum absolute atomic E-state index is 0.175. The zero-order valence-electron chi connectivity index (χ0n) is 7.00. The van der Waals surface area contributed by atoms with E-state index in [0.29, 0.717) is 13.0 Å². The van der Waals surface area contributed by atoms with E-state index in [9.17, 15) is 4.79 Å². The van der Waals surface area contributed by atoms with Crippen molar-refractivity contribution in [3.8, 4) is 0 Å². The van der Waals surface area contributed by atoms with Crippen molar-refractivity contribution in [2.24, 2.45) is 5.73 Å². The van der Waals surface area contributed by atoms with Gasteiger partial charge in [0, 0.05) is 6.54 Å². The highest BCUT2D eigenvalue weighted by molar-refractivity contribution is 5.80. The van der Waals surface area contributed by atoms with Crippen LogP contribution in [-0.2, 0) is 4.79 Å². The van der Waals surface area contributed by atoms with E-state index in [0.717, 1.165) is 0 Å². The Bertz CT molecular complexity index is 124. The van der Waals surface area contributed by atoms with Gasteiger partial charge in [-0.2, -0.15) is 0 Å². The SMILES string of the molecule is C[C@H](O)CCNC(=O)[C@H](C)N. The molecule has 0 rings (SSSR count). The second kappa shape index (κ2) is 5.09. The normalized spacial score (nSPS) is 15.6. The molecule has 0 saturated carbocycles. The first-order valence-electron chi connectivity index (χ1n) is 3.75. The van der Waals surface area contributed by atoms with E-state index in [-0.39, 0.29) is 12.0 Å². The van der Waals surface area contributed by atoms with Gasteiger partial charge in [0.1, 0.15) is 0 Å². The molecule has 0 aromatic carbocycles. The molecule has 1 amide bonds. The minimum Gasteiger partial charge on any atom is -0.393 e. The van der Waals surface area contributed by atoms with E-state index in [4.69, 9.17) is 10.8 Å². The average Bonchev–Trinajstić information content (AvgIpc) is 1.86. The summed E-state index contributed by atoms with van der Waals surface area (Å²) in [5.41, 5.74) is 5.28. The Morgan fingerprint density at radius 3 is 2.55 bits per heavy atom. The summed E-state index contributed by atoms with van der Waals surface area (Å²) in [4.78, 5) is 10.8. The highest BCUT2D eigenvalue weighted by atomic mass is 16.3. The Morgan fingerprint density at radius 2 is 2.18 bits per heavy atom. The third-order valence-corrected chi connectivity index (χ3v) is 1.27. The molecule has 0 aromatic heterocycles. The summed E-state index contributed by atoms with van der Waals surface area (Å²) in [7, 11) is 0. The van der Waals surface area contributed by atoms with Crippen LogP contribution in [-0.4, -0.2) is 29.7 Å². The molecule has 0 saturated heterocycles. The van der Waals surface area contributed by atoms with Crippen LogP contribution >= 0.6 is 0 Å². The van der Waals surface area contributed by atoms with Crippen LogP contribution in [0.25, 0.3) is 0 Å². The first kappa shape index (κ1) is 10.4. The number of carbonyl (C=O) groups is 1. The van der Waals surface area contributed by atoms with Crippen LogP contribution in [0, 0.1) is 0 Å². The lowest BCUT2D eigenvalue weighted by Crippen LogP contribution is -2.39. The van der Waals surface area contributed by atoms with Crippen molar-refractivity contribution in [2.45, 2.75) is 32.4 Å². The number of amides is 1. The summed E-state index contributed by atoms with van der Waals surface area (Å²) in [5.74, 6) is -0.175. The standard InChI is InChI=1S/C7H16N2O2/c1-5(10)3-4-9-7(11)6(2)8/h5-6,10H,3-4,8H2,1-2H3,(H,9,11)/t5-,6-/m0/s1. The molecule has 0 unspecified atom stereocenters. The number of carbonyl (C=O) groups excluding carboxylic acids is 1. The first-order valence-corrected chi connectivity index (χ1v) is 3.75. The van der Waals surface area contributed by atoms with Gasteiger partial charge in [-0.1, -0.05) is 0 Å². The van der Waals surface area contributed by atoms with Crippen molar-refractivity contribution in [1.29, 1.82) is 0 Å². The molecule has 0 spiro atoms. The van der Waals surface area contributed by atoms with Crippen molar-refractivity contribution in [1.82, 2.24) is 5.32 Å². The Balaban J connectivity index is 3.32. The Kier molecular flexibility index (Phi) is 4.81. The van der Waals surface area contributed by atoms with Gasteiger partial charge in [-0.15, -0.1) is 0 Å². The molecule has 2 atom stereocenters. The lowest BCUT2D eigenvalue weighted by Gasteiger charge is -2.08. The maximum Gasteiger partial charge on any atom is 0.236 e. The third kappa shape index (κ3) is 5.82. The summed E-state index contributed by atoms with van der Waals surface area (Å²) < 4.78 is 0. The van der Waals surface area contributed by atoms with Crippen LogP contribution in [0.5, 0.6) is 0 Å². The van der Waals surface area contributed by atoms with Gasteiger partial charge in [-0.05, 0) is 20.3 Å². The van der Waals surface area contributed by atoms with Crippen LogP contribution in [0.2, 0.25) is 0 Å². The van der Waals surface area contributed by atoms with Crippen molar-refractivity contribution >= 4 is 5.91 Å². The van der Waals surface area contributed by atoms with Gasteiger partial charge >= 0.3 is 0 Å². The second-order valence-electron chi connectivity index (χ2n) is 2.72. The molecule has 0 radical (unpaired) electrons. The van der Waals surface area contributed by atoms with Crippen LogP contribution in [0.15, 0.2) is 0 Å². The Morgan fingerprint density at radius 1 is 1.64 bits per heavy atom. The molecule has 4 nitrogen and oxygen atoms in total. The molecule has 0 aromatic rings. The summed E-state index contributed by atoms with van der Waals surface area (Å²) >= 11 is 0. The number of aliphatic hydroxyl groups excluding tert-OH is 1. The zero-order valence-corrected chi connectivity index (χ0v) is 7.00. The Hall–Kier alpha value is -0.610. The monoisotopic (exact) mass is 160 g/mol. The van der Waals surface area contributed by atoms with Crippen LogP contribution in [0.1, 0.15) is 20.3 Å². The van der Waals surface area contributed by atoms with Gasteiger partial charge < -0.3 is 16.2 Å². The van der Waals surface area contributed by atoms with E-state index in [1.54, 1.807) is 13.8 Å². The summed E-state index contributed by atoms with van der Waals surface area (Å²) in [6.45, 7) is 3.79.